The van der Waals surface area contributed by atoms with Crippen molar-refractivity contribution < 1.29 is 19.1 Å². The van der Waals surface area contributed by atoms with Gasteiger partial charge >= 0.3 is 5.69 Å². The Bertz CT molecular complexity index is 1480. The number of imidazole rings is 1. The number of imide groups is 1. The SMILES string of the molecule is COc1ccc(C=C2SC(=O)N(CCNC(=O)Cn3cnc4c3c(=O)n(C)c(=O)n4C)C2=O)cc1. The van der Waals surface area contributed by atoms with E-state index in [0.29, 0.717) is 5.75 Å². The summed E-state index contributed by atoms with van der Waals surface area (Å²) in [5.74, 6) is -0.199. The molecule has 1 fully saturated rings. The fourth-order valence-corrected chi connectivity index (χ4v) is 4.44. The van der Waals surface area contributed by atoms with Crippen molar-refractivity contribution in [1.29, 1.82) is 0 Å². The Kier molecular flexibility index (Phi) is 6.60. The highest BCUT2D eigenvalue weighted by Gasteiger charge is 2.34. The molecule has 0 bridgehead atoms. The number of hydrogen-bond acceptors (Lipinski definition) is 8. The van der Waals surface area contributed by atoms with Gasteiger partial charge in [0.2, 0.25) is 5.91 Å². The predicted molar refractivity (Wildman–Crippen MR) is 129 cm³/mol. The molecule has 1 aliphatic heterocycles. The predicted octanol–water partition coefficient (Wildman–Crippen LogP) is 0.295. The van der Waals surface area contributed by atoms with Gasteiger partial charge in [0, 0.05) is 27.2 Å². The zero-order chi connectivity index (χ0) is 25.3. The number of methoxy groups -OCH3 is 1. The number of aromatic nitrogens is 4. The highest BCUT2D eigenvalue weighted by Crippen LogP contribution is 2.32. The molecule has 1 aromatic carbocycles. The van der Waals surface area contributed by atoms with Crippen LogP contribution in [0.5, 0.6) is 5.75 Å². The molecule has 12 nitrogen and oxygen atoms in total. The van der Waals surface area contributed by atoms with Crippen LogP contribution in [0.3, 0.4) is 0 Å². The van der Waals surface area contributed by atoms with Crippen LogP contribution in [0, 0.1) is 0 Å². The number of hydrogen-bond donors (Lipinski definition) is 1. The molecular weight excluding hydrogens is 476 g/mol. The second-order valence-corrected chi connectivity index (χ2v) is 8.70. The lowest BCUT2D eigenvalue weighted by atomic mass is 10.2. The van der Waals surface area contributed by atoms with Gasteiger partial charge in [-0.2, -0.15) is 0 Å². The van der Waals surface area contributed by atoms with Crippen LogP contribution in [0.15, 0.2) is 45.1 Å². The minimum atomic E-state index is -0.560. The third-order valence-electron chi connectivity index (χ3n) is 5.48. The van der Waals surface area contributed by atoms with Gasteiger partial charge in [0.15, 0.2) is 11.2 Å². The number of carbonyl (C=O) groups excluding carboxylic acids is 3. The summed E-state index contributed by atoms with van der Waals surface area (Å²) in [5.41, 5.74) is -0.0298. The van der Waals surface area contributed by atoms with Crippen LogP contribution in [-0.2, 0) is 30.2 Å². The Balaban J connectivity index is 1.38. The standard InChI is InChI=1S/C22H22N6O6S/c1-25-18-17(20(31)26(2)21(25)32)27(12-24-18)11-16(29)23-8-9-28-19(30)15(35-22(28)33)10-13-4-6-14(34-3)7-5-13/h4-7,10,12H,8-9,11H2,1-3H3,(H,23,29). The van der Waals surface area contributed by atoms with Crippen molar-refractivity contribution in [3.63, 3.8) is 0 Å². The van der Waals surface area contributed by atoms with E-state index in [0.717, 1.165) is 26.8 Å². The fraction of sp³-hybridized carbons (Fsp3) is 0.273. The van der Waals surface area contributed by atoms with E-state index in [2.05, 4.69) is 10.3 Å². The molecule has 182 valence electrons. The van der Waals surface area contributed by atoms with E-state index < -0.39 is 28.3 Å². The number of carbonyl (C=O) groups is 3. The highest BCUT2D eigenvalue weighted by molar-refractivity contribution is 8.18. The molecule has 0 aliphatic carbocycles. The summed E-state index contributed by atoms with van der Waals surface area (Å²) in [7, 11) is 4.39. The number of amides is 3. The van der Waals surface area contributed by atoms with Crippen molar-refractivity contribution in [2.75, 3.05) is 20.2 Å². The van der Waals surface area contributed by atoms with Crippen molar-refractivity contribution in [3.8, 4) is 5.75 Å². The molecule has 0 atom stereocenters. The van der Waals surface area contributed by atoms with Crippen molar-refractivity contribution in [2.45, 2.75) is 6.54 Å². The number of thioether (sulfide) groups is 1. The number of fused-ring (bicyclic) bond motifs is 1. The molecule has 1 aliphatic rings. The van der Waals surface area contributed by atoms with Crippen LogP contribution < -0.4 is 21.3 Å². The first-order valence-corrected chi connectivity index (χ1v) is 11.3. The highest BCUT2D eigenvalue weighted by atomic mass is 32.2. The average Bonchev–Trinajstić information content (AvgIpc) is 3.37. The molecule has 3 aromatic rings. The van der Waals surface area contributed by atoms with Gasteiger partial charge in [-0.3, -0.25) is 33.2 Å². The van der Waals surface area contributed by atoms with Gasteiger partial charge in [-0.1, -0.05) is 12.1 Å². The third-order valence-corrected chi connectivity index (χ3v) is 6.38. The van der Waals surface area contributed by atoms with Crippen LogP contribution in [0.25, 0.3) is 17.2 Å². The summed E-state index contributed by atoms with van der Waals surface area (Å²) < 4.78 is 8.63. The molecule has 0 spiro atoms. The minimum absolute atomic E-state index is 0.00268. The zero-order valence-electron chi connectivity index (χ0n) is 19.2. The molecule has 0 saturated carbocycles. The third kappa shape index (κ3) is 4.62. The van der Waals surface area contributed by atoms with E-state index in [1.54, 1.807) is 37.5 Å². The first-order chi connectivity index (χ1) is 16.7. The smallest absolute Gasteiger partial charge is 0.332 e. The lowest BCUT2D eigenvalue weighted by Crippen LogP contribution is -2.39. The Hall–Kier alpha value is -4.13. The molecule has 4 rings (SSSR count). The van der Waals surface area contributed by atoms with Crippen LogP contribution in [0.2, 0.25) is 0 Å². The number of benzene rings is 1. The topological polar surface area (TPSA) is 138 Å². The molecule has 0 radical (unpaired) electrons. The number of ether oxygens (including phenoxy) is 1. The lowest BCUT2D eigenvalue weighted by Gasteiger charge is -2.13. The average molecular weight is 499 g/mol. The Morgan fingerprint density at radius 2 is 1.83 bits per heavy atom. The fourth-order valence-electron chi connectivity index (χ4n) is 3.58. The molecule has 3 heterocycles. The molecule has 1 saturated heterocycles. The lowest BCUT2D eigenvalue weighted by molar-refractivity contribution is -0.124. The molecule has 13 heteroatoms. The molecular formula is C22H22N6O6S. The van der Waals surface area contributed by atoms with Crippen molar-refractivity contribution >= 4 is 46.1 Å². The molecule has 1 N–H and O–H groups in total. The summed E-state index contributed by atoms with van der Waals surface area (Å²) in [6.07, 6.45) is 2.94. The molecule has 35 heavy (non-hydrogen) atoms. The van der Waals surface area contributed by atoms with Crippen molar-refractivity contribution in [2.24, 2.45) is 14.1 Å². The number of nitrogens with zero attached hydrogens (tertiary/aromatic N) is 5. The van der Waals surface area contributed by atoms with E-state index in [9.17, 15) is 24.0 Å². The van der Waals surface area contributed by atoms with E-state index in [4.69, 9.17) is 4.74 Å². The number of rotatable bonds is 7. The summed E-state index contributed by atoms with van der Waals surface area (Å²) in [6, 6.07) is 7.06. The van der Waals surface area contributed by atoms with Crippen LogP contribution in [0.1, 0.15) is 5.56 Å². The Morgan fingerprint density at radius 1 is 1.11 bits per heavy atom. The van der Waals surface area contributed by atoms with Gasteiger partial charge in [0.05, 0.1) is 18.3 Å². The molecule has 2 aromatic heterocycles. The summed E-state index contributed by atoms with van der Waals surface area (Å²) in [4.78, 5) is 67.3. The van der Waals surface area contributed by atoms with Gasteiger partial charge in [0.1, 0.15) is 12.3 Å². The van der Waals surface area contributed by atoms with Gasteiger partial charge in [-0.25, -0.2) is 9.78 Å². The Labute approximate surface area is 202 Å². The number of aryl methyl sites for hydroxylation is 1. The largest absolute Gasteiger partial charge is 0.497 e. The van der Waals surface area contributed by atoms with Crippen LogP contribution >= 0.6 is 11.8 Å². The Morgan fingerprint density at radius 3 is 2.51 bits per heavy atom. The van der Waals surface area contributed by atoms with Crippen LogP contribution in [0.4, 0.5) is 4.79 Å². The van der Waals surface area contributed by atoms with Gasteiger partial charge in [0.25, 0.3) is 16.7 Å². The quantitative estimate of drug-likeness (QED) is 0.459. The maximum atomic E-state index is 12.7. The van der Waals surface area contributed by atoms with Gasteiger partial charge in [-0.15, -0.1) is 0 Å². The maximum Gasteiger partial charge on any atom is 0.332 e. The van der Waals surface area contributed by atoms with E-state index >= 15 is 0 Å². The van der Waals surface area contributed by atoms with E-state index in [1.165, 1.54) is 29.6 Å². The second-order valence-electron chi connectivity index (χ2n) is 7.71. The van der Waals surface area contributed by atoms with E-state index in [-0.39, 0.29) is 35.7 Å². The normalized spacial score (nSPS) is 14.8. The van der Waals surface area contributed by atoms with Crippen molar-refractivity contribution in [3.05, 3.63) is 61.9 Å². The maximum absolute atomic E-state index is 12.7. The van der Waals surface area contributed by atoms with Crippen molar-refractivity contribution in [1.82, 2.24) is 28.9 Å². The van der Waals surface area contributed by atoms with Gasteiger partial charge < -0.3 is 14.6 Å². The monoisotopic (exact) mass is 498 g/mol. The molecule has 0 unspecified atom stereocenters. The summed E-state index contributed by atoms with van der Waals surface area (Å²) in [6.45, 7) is -0.184. The van der Waals surface area contributed by atoms with E-state index in [1.807, 2.05) is 0 Å². The van der Waals surface area contributed by atoms with Gasteiger partial charge in [-0.05, 0) is 35.5 Å². The second kappa shape index (κ2) is 9.62. The first-order valence-electron chi connectivity index (χ1n) is 10.5. The van der Waals surface area contributed by atoms with Crippen LogP contribution in [-0.4, -0.2) is 60.8 Å². The molecule has 3 amide bonds. The number of nitrogens with one attached hydrogen (secondary N) is 1. The summed E-state index contributed by atoms with van der Waals surface area (Å²) >= 11 is 0.833. The first kappa shape index (κ1) is 24.0. The minimum Gasteiger partial charge on any atom is -0.497 e. The summed E-state index contributed by atoms with van der Waals surface area (Å²) in [5, 5.41) is 2.22. The zero-order valence-corrected chi connectivity index (χ0v) is 20.0.